The minimum Gasteiger partial charge on any atom is -0.493 e. The molecule has 3 aromatic rings. The van der Waals surface area contributed by atoms with Crippen molar-refractivity contribution in [3.05, 3.63) is 47.0 Å². The van der Waals surface area contributed by atoms with Gasteiger partial charge in [-0.2, -0.15) is 4.89 Å². The molecule has 1 fully saturated rings. The van der Waals surface area contributed by atoms with Crippen molar-refractivity contribution < 1.29 is 39.7 Å². The van der Waals surface area contributed by atoms with Gasteiger partial charge in [-0.1, -0.05) is 17.3 Å². The lowest BCUT2D eigenvalue weighted by atomic mass is 9.99. The molecule has 0 amide bonds. The van der Waals surface area contributed by atoms with E-state index in [2.05, 4.69) is 16.4 Å². The predicted octanol–water partition coefficient (Wildman–Crippen LogP) is 0.0276. The number of aryl methyl sites for hydroxylation is 3. The number of aromatic nitrogens is 3. The molecule has 2 aliphatic heterocycles. The third-order valence-corrected chi connectivity index (χ3v) is 6.18. The summed E-state index contributed by atoms with van der Waals surface area (Å²) in [5, 5.41) is 48.2. The molecule has 0 bridgehead atoms. The Kier molecular flexibility index (Phi) is 6.38. The highest BCUT2D eigenvalue weighted by molar-refractivity contribution is 5.82. The normalized spacial score (nSPS) is 26.4. The Balaban J connectivity index is 1.34. The molecule has 3 heterocycles. The summed E-state index contributed by atoms with van der Waals surface area (Å²) in [6.07, 6.45) is -5.51. The molecule has 11 heteroatoms. The maximum absolute atomic E-state index is 10.3. The molecule has 5 atom stereocenters. The number of ether oxygens (including phenoxy) is 2. The lowest BCUT2D eigenvalue weighted by Crippen LogP contribution is -2.59. The average Bonchev–Trinajstić information content (AvgIpc) is 3.46. The lowest BCUT2D eigenvalue weighted by Gasteiger charge is -2.38. The molecule has 0 unspecified atom stereocenters. The zero-order valence-electron chi connectivity index (χ0n) is 18.6. The van der Waals surface area contributed by atoms with Crippen molar-refractivity contribution in [2.45, 2.75) is 57.0 Å². The van der Waals surface area contributed by atoms with E-state index in [9.17, 15) is 20.4 Å². The van der Waals surface area contributed by atoms with E-state index in [4.69, 9.17) is 19.2 Å². The van der Waals surface area contributed by atoms with Gasteiger partial charge in [0.15, 0.2) is 18.1 Å². The Morgan fingerprint density at radius 1 is 1.15 bits per heavy atom. The predicted molar refractivity (Wildman–Crippen MR) is 117 cm³/mol. The van der Waals surface area contributed by atoms with Crippen LogP contribution in [0.15, 0.2) is 30.3 Å². The molecule has 1 aromatic heterocycles. The number of fused-ring (bicyclic) bond motifs is 2. The molecule has 34 heavy (non-hydrogen) atoms. The average molecular weight is 473 g/mol. The van der Waals surface area contributed by atoms with Crippen LogP contribution >= 0.6 is 0 Å². The first-order valence-corrected chi connectivity index (χ1v) is 11.2. The quantitative estimate of drug-likeness (QED) is 0.273. The maximum Gasteiger partial charge on any atom is 0.193 e. The smallest absolute Gasteiger partial charge is 0.193 e. The van der Waals surface area contributed by atoms with Gasteiger partial charge in [0.25, 0.3) is 0 Å². The van der Waals surface area contributed by atoms with E-state index in [0.29, 0.717) is 36.4 Å². The summed E-state index contributed by atoms with van der Waals surface area (Å²) < 4.78 is 12.4. The molecule has 182 valence electrons. The largest absolute Gasteiger partial charge is 0.493 e. The second kappa shape index (κ2) is 9.45. The van der Waals surface area contributed by atoms with Gasteiger partial charge in [-0.05, 0) is 48.2 Å². The summed E-state index contributed by atoms with van der Waals surface area (Å²) in [4.78, 5) is 10.8. The van der Waals surface area contributed by atoms with Crippen LogP contribution in [0.2, 0.25) is 0 Å². The van der Waals surface area contributed by atoms with Gasteiger partial charge in [-0.3, -0.25) is 0 Å². The van der Waals surface area contributed by atoms with E-state index >= 15 is 0 Å². The Bertz CT molecular complexity index is 1170. The summed E-state index contributed by atoms with van der Waals surface area (Å²) in [5.74, 6) is 1.23. The monoisotopic (exact) mass is 473 g/mol. The topological polar surface area (TPSA) is 149 Å². The van der Waals surface area contributed by atoms with E-state index in [1.807, 2.05) is 25.1 Å². The number of aliphatic hydroxyl groups is 4. The van der Waals surface area contributed by atoms with Gasteiger partial charge in [-0.15, -0.1) is 5.10 Å². The number of aliphatic hydroxyl groups excluding tert-OH is 4. The minimum atomic E-state index is -1.61. The van der Waals surface area contributed by atoms with Crippen molar-refractivity contribution in [3.63, 3.8) is 0 Å². The lowest BCUT2D eigenvalue weighted by molar-refractivity contribution is -0.364. The summed E-state index contributed by atoms with van der Waals surface area (Å²) >= 11 is 0. The minimum absolute atomic E-state index is 0.292. The molecule has 4 N–H and O–H groups in total. The van der Waals surface area contributed by atoms with Crippen LogP contribution in [0.1, 0.15) is 16.7 Å². The second-order valence-corrected chi connectivity index (χ2v) is 8.61. The van der Waals surface area contributed by atoms with Crippen LogP contribution in [-0.2, 0) is 29.0 Å². The van der Waals surface area contributed by atoms with Crippen molar-refractivity contribution in [3.8, 4) is 11.5 Å². The van der Waals surface area contributed by atoms with Gasteiger partial charge < -0.3 is 34.8 Å². The Labute approximate surface area is 195 Å². The van der Waals surface area contributed by atoms with E-state index in [1.54, 1.807) is 10.7 Å². The zero-order chi connectivity index (χ0) is 23.8. The third kappa shape index (κ3) is 4.33. The molecule has 2 aromatic carbocycles. The van der Waals surface area contributed by atoms with Crippen molar-refractivity contribution in [1.29, 1.82) is 0 Å². The zero-order valence-corrected chi connectivity index (χ0v) is 18.6. The Morgan fingerprint density at radius 3 is 2.82 bits per heavy atom. The highest BCUT2D eigenvalue weighted by Gasteiger charge is 2.45. The number of hydrogen-bond donors (Lipinski definition) is 4. The maximum atomic E-state index is 10.3. The van der Waals surface area contributed by atoms with Crippen molar-refractivity contribution in [2.75, 3.05) is 13.2 Å². The van der Waals surface area contributed by atoms with Gasteiger partial charge in [0.1, 0.15) is 35.1 Å². The van der Waals surface area contributed by atoms with Gasteiger partial charge in [0, 0.05) is 13.0 Å². The van der Waals surface area contributed by atoms with Crippen LogP contribution < -0.4 is 9.62 Å². The first-order chi connectivity index (χ1) is 16.4. The summed E-state index contributed by atoms with van der Waals surface area (Å²) in [6.45, 7) is 2.54. The van der Waals surface area contributed by atoms with E-state index in [-0.39, 0.29) is 0 Å². The highest BCUT2D eigenvalue weighted by atomic mass is 17.2. The first-order valence-electron chi connectivity index (χ1n) is 11.2. The molecule has 0 saturated carbocycles. The third-order valence-electron chi connectivity index (χ3n) is 6.18. The summed E-state index contributed by atoms with van der Waals surface area (Å²) in [5.41, 5.74) is 4.38. The van der Waals surface area contributed by atoms with E-state index in [0.717, 1.165) is 23.3 Å². The fourth-order valence-corrected chi connectivity index (χ4v) is 4.34. The standard InChI is InChI=1S/C23H27N3O8/c1-12-8-15-19(17(9-12)33-34-22-21(29)20(28)18(11-27)32-23(22)30)26(25-24-15)6-4-13-2-3-16-14(10-13)5-7-31-16/h2-3,8-10,18,20-23,27-30H,4-7,11H2,1H3/t18-,20-,21+,22-,23-/m1/s1. The van der Waals surface area contributed by atoms with Crippen LogP contribution in [0, 0.1) is 6.92 Å². The molecule has 2 aliphatic rings. The summed E-state index contributed by atoms with van der Waals surface area (Å²) in [6, 6.07) is 9.75. The molecule has 1 saturated heterocycles. The van der Waals surface area contributed by atoms with Crippen molar-refractivity contribution in [1.82, 2.24) is 15.0 Å². The van der Waals surface area contributed by atoms with Crippen LogP contribution in [0.3, 0.4) is 0 Å². The van der Waals surface area contributed by atoms with Crippen molar-refractivity contribution >= 4 is 11.0 Å². The number of hydrogen-bond acceptors (Lipinski definition) is 10. The number of nitrogens with zero attached hydrogens (tertiary/aromatic N) is 3. The van der Waals surface area contributed by atoms with Crippen molar-refractivity contribution in [2.24, 2.45) is 0 Å². The van der Waals surface area contributed by atoms with Gasteiger partial charge >= 0.3 is 0 Å². The first kappa shape index (κ1) is 23.0. The number of benzene rings is 2. The molecule has 0 radical (unpaired) electrons. The fraction of sp³-hybridized carbons (Fsp3) is 0.478. The molecule has 0 aliphatic carbocycles. The Morgan fingerprint density at radius 2 is 2.00 bits per heavy atom. The second-order valence-electron chi connectivity index (χ2n) is 8.61. The van der Waals surface area contributed by atoms with Gasteiger partial charge in [-0.25, -0.2) is 4.68 Å². The molecule has 0 spiro atoms. The Hall–Kier alpha value is -2.80. The van der Waals surface area contributed by atoms with Gasteiger partial charge in [0.2, 0.25) is 0 Å². The van der Waals surface area contributed by atoms with Crippen LogP contribution in [0.5, 0.6) is 11.5 Å². The van der Waals surface area contributed by atoms with E-state index < -0.39 is 37.3 Å². The highest BCUT2D eigenvalue weighted by Crippen LogP contribution is 2.30. The van der Waals surface area contributed by atoms with Crippen LogP contribution in [-0.4, -0.2) is 79.3 Å². The van der Waals surface area contributed by atoms with Gasteiger partial charge in [0.05, 0.1) is 13.2 Å². The summed E-state index contributed by atoms with van der Waals surface area (Å²) in [7, 11) is 0. The molecule has 11 nitrogen and oxygen atoms in total. The molecule has 5 rings (SSSR count). The fourth-order valence-electron chi connectivity index (χ4n) is 4.34. The SMILES string of the molecule is Cc1cc(OO[C@@H]2[C@@H](O)[C@H](O)[C@@H](CO)O[C@H]2O)c2c(c1)nnn2CCc1ccc2c(c1)CCO2. The van der Waals surface area contributed by atoms with E-state index in [1.165, 1.54) is 5.56 Å². The molecular formula is C23H27N3O8. The van der Waals surface area contributed by atoms with Crippen LogP contribution in [0.4, 0.5) is 0 Å². The number of rotatable bonds is 7. The molecular weight excluding hydrogens is 446 g/mol. The van der Waals surface area contributed by atoms with Crippen LogP contribution in [0.25, 0.3) is 11.0 Å².